The maximum Gasteiger partial charge on any atom is 0.293 e. The number of nitrogens with zero attached hydrogens (tertiary/aromatic N) is 4. The molecule has 0 saturated carbocycles. The highest BCUT2D eigenvalue weighted by Crippen LogP contribution is 2.30. The van der Waals surface area contributed by atoms with Crippen LogP contribution in [0.4, 0.5) is 11.4 Å². The second-order valence-corrected chi connectivity index (χ2v) is 8.29. The SMILES string of the molecule is CC(=O)N1CCN(c2ccc(C(=O)NCCCN(C)Cc3ccccc3)cc2[N+](=O)[O-])CC1. The molecule has 0 atom stereocenters. The number of nitro benzene ring substituents is 1. The van der Waals surface area contributed by atoms with Crippen molar-refractivity contribution in [2.75, 3.05) is 51.2 Å². The molecule has 2 amide bonds. The zero-order valence-electron chi connectivity index (χ0n) is 19.2. The molecule has 0 spiro atoms. The Morgan fingerprint density at radius 1 is 1.09 bits per heavy atom. The van der Waals surface area contributed by atoms with Crippen LogP contribution in [0.15, 0.2) is 48.5 Å². The van der Waals surface area contributed by atoms with E-state index in [1.54, 1.807) is 17.0 Å². The van der Waals surface area contributed by atoms with E-state index in [4.69, 9.17) is 0 Å². The molecule has 3 rings (SSSR count). The van der Waals surface area contributed by atoms with E-state index in [1.165, 1.54) is 18.6 Å². The van der Waals surface area contributed by atoms with Crippen LogP contribution in [0.2, 0.25) is 0 Å². The Morgan fingerprint density at radius 2 is 1.79 bits per heavy atom. The number of carbonyl (C=O) groups excluding carboxylic acids is 2. The Kier molecular flexibility index (Phi) is 8.37. The van der Waals surface area contributed by atoms with Gasteiger partial charge in [0.25, 0.3) is 11.6 Å². The van der Waals surface area contributed by atoms with Gasteiger partial charge in [-0.3, -0.25) is 19.7 Å². The van der Waals surface area contributed by atoms with Crippen molar-refractivity contribution in [1.82, 2.24) is 15.1 Å². The molecule has 1 saturated heterocycles. The molecule has 9 nitrogen and oxygen atoms in total. The van der Waals surface area contributed by atoms with Gasteiger partial charge < -0.3 is 20.0 Å². The van der Waals surface area contributed by atoms with Gasteiger partial charge >= 0.3 is 0 Å². The van der Waals surface area contributed by atoms with Crippen LogP contribution in [0, 0.1) is 10.1 Å². The van der Waals surface area contributed by atoms with Crippen molar-refractivity contribution in [2.24, 2.45) is 0 Å². The fourth-order valence-electron chi connectivity index (χ4n) is 3.97. The minimum atomic E-state index is -0.456. The van der Waals surface area contributed by atoms with Crippen molar-refractivity contribution in [1.29, 1.82) is 0 Å². The number of carbonyl (C=O) groups is 2. The summed E-state index contributed by atoms with van der Waals surface area (Å²) in [7, 11) is 2.03. The summed E-state index contributed by atoms with van der Waals surface area (Å²) < 4.78 is 0. The van der Waals surface area contributed by atoms with Crippen molar-refractivity contribution in [3.63, 3.8) is 0 Å². The summed E-state index contributed by atoms with van der Waals surface area (Å²) >= 11 is 0. The molecular formula is C24H31N5O4. The summed E-state index contributed by atoms with van der Waals surface area (Å²) in [5.74, 6) is -0.320. The van der Waals surface area contributed by atoms with E-state index in [0.717, 1.165) is 19.5 Å². The van der Waals surface area contributed by atoms with Crippen molar-refractivity contribution < 1.29 is 14.5 Å². The molecule has 0 radical (unpaired) electrons. The van der Waals surface area contributed by atoms with E-state index < -0.39 is 4.92 Å². The van der Waals surface area contributed by atoms with Crippen LogP contribution in [0.1, 0.15) is 29.3 Å². The van der Waals surface area contributed by atoms with Crippen LogP contribution in [0.3, 0.4) is 0 Å². The molecule has 33 heavy (non-hydrogen) atoms. The Balaban J connectivity index is 1.52. The summed E-state index contributed by atoms with van der Waals surface area (Å²) in [5, 5.41) is 14.5. The maximum absolute atomic E-state index is 12.6. The summed E-state index contributed by atoms with van der Waals surface area (Å²) in [6.07, 6.45) is 0.773. The second kappa shape index (κ2) is 11.4. The first-order chi connectivity index (χ1) is 15.8. The van der Waals surface area contributed by atoms with Gasteiger partial charge in [-0.25, -0.2) is 0 Å². The normalized spacial score (nSPS) is 13.8. The van der Waals surface area contributed by atoms with Gasteiger partial charge in [0.15, 0.2) is 0 Å². The van der Waals surface area contributed by atoms with E-state index in [2.05, 4.69) is 22.3 Å². The average molecular weight is 454 g/mol. The molecule has 176 valence electrons. The summed E-state index contributed by atoms with van der Waals surface area (Å²) in [4.78, 5) is 41.1. The average Bonchev–Trinajstić information content (AvgIpc) is 2.82. The Labute approximate surface area is 194 Å². The third kappa shape index (κ3) is 6.76. The van der Waals surface area contributed by atoms with Gasteiger partial charge in [-0.2, -0.15) is 0 Å². The minimum absolute atomic E-state index is 0.00225. The van der Waals surface area contributed by atoms with Gasteiger partial charge in [-0.05, 0) is 37.7 Å². The first kappa shape index (κ1) is 24.2. The van der Waals surface area contributed by atoms with E-state index in [-0.39, 0.29) is 23.1 Å². The van der Waals surface area contributed by atoms with E-state index in [0.29, 0.717) is 38.4 Å². The van der Waals surface area contributed by atoms with Gasteiger partial charge in [0.2, 0.25) is 5.91 Å². The summed E-state index contributed by atoms with van der Waals surface area (Å²) in [6, 6.07) is 14.8. The number of nitro groups is 1. The lowest BCUT2D eigenvalue weighted by molar-refractivity contribution is -0.384. The lowest BCUT2D eigenvalue weighted by Crippen LogP contribution is -2.48. The Bertz CT molecular complexity index is 974. The smallest absolute Gasteiger partial charge is 0.293 e. The maximum atomic E-state index is 12.6. The van der Waals surface area contributed by atoms with Gasteiger partial charge in [0.1, 0.15) is 5.69 Å². The zero-order chi connectivity index (χ0) is 23.8. The summed E-state index contributed by atoms with van der Waals surface area (Å²) in [5.41, 5.74) is 1.88. The number of anilines is 1. The standard InChI is InChI=1S/C24H31N5O4/c1-19(30)27-13-15-28(16-14-27)22-10-9-21(17-23(22)29(32)33)24(31)25-11-6-12-26(2)18-20-7-4-3-5-8-20/h3-5,7-10,17H,6,11-16,18H2,1-2H3,(H,25,31). The number of hydrogen-bond donors (Lipinski definition) is 1. The first-order valence-corrected chi connectivity index (χ1v) is 11.1. The Morgan fingerprint density at radius 3 is 2.42 bits per heavy atom. The van der Waals surface area contributed by atoms with Crippen LogP contribution >= 0.6 is 0 Å². The molecule has 0 aromatic heterocycles. The summed E-state index contributed by atoms with van der Waals surface area (Å²) in [6.45, 7) is 5.74. The lowest BCUT2D eigenvalue weighted by atomic mass is 10.1. The number of benzene rings is 2. The van der Waals surface area contributed by atoms with Gasteiger partial charge in [-0.1, -0.05) is 30.3 Å². The van der Waals surface area contributed by atoms with Crippen molar-refractivity contribution >= 4 is 23.2 Å². The number of rotatable bonds is 9. The van der Waals surface area contributed by atoms with Crippen LogP contribution in [-0.4, -0.2) is 72.9 Å². The zero-order valence-corrected chi connectivity index (χ0v) is 19.2. The van der Waals surface area contributed by atoms with E-state index >= 15 is 0 Å². The van der Waals surface area contributed by atoms with Gasteiger partial charge in [0.05, 0.1) is 4.92 Å². The molecule has 0 aliphatic carbocycles. The fraction of sp³-hybridized carbons (Fsp3) is 0.417. The number of nitrogens with one attached hydrogen (secondary N) is 1. The molecule has 1 heterocycles. The molecule has 1 fully saturated rings. The highest BCUT2D eigenvalue weighted by atomic mass is 16.6. The monoisotopic (exact) mass is 453 g/mol. The van der Waals surface area contributed by atoms with E-state index in [1.807, 2.05) is 30.1 Å². The molecule has 0 bridgehead atoms. The molecular weight excluding hydrogens is 422 g/mol. The van der Waals surface area contributed by atoms with Gasteiger partial charge in [0, 0.05) is 57.8 Å². The lowest BCUT2D eigenvalue weighted by Gasteiger charge is -2.35. The molecule has 9 heteroatoms. The van der Waals surface area contributed by atoms with Crippen LogP contribution < -0.4 is 10.2 Å². The predicted octanol–water partition coefficient (Wildman–Crippen LogP) is 2.52. The third-order valence-corrected chi connectivity index (χ3v) is 5.80. The van der Waals surface area contributed by atoms with Crippen LogP contribution in [0.25, 0.3) is 0 Å². The second-order valence-electron chi connectivity index (χ2n) is 8.29. The quantitative estimate of drug-likeness (QED) is 0.356. The topological polar surface area (TPSA) is 99.0 Å². The van der Waals surface area contributed by atoms with Crippen molar-refractivity contribution in [3.05, 3.63) is 69.8 Å². The molecule has 1 N–H and O–H groups in total. The molecule has 0 unspecified atom stereocenters. The van der Waals surface area contributed by atoms with E-state index in [9.17, 15) is 19.7 Å². The molecule has 2 aromatic carbocycles. The molecule has 1 aliphatic rings. The van der Waals surface area contributed by atoms with Crippen LogP contribution in [0.5, 0.6) is 0 Å². The largest absolute Gasteiger partial charge is 0.362 e. The van der Waals surface area contributed by atoms with Gasteiger partial charge in [-0.15, -0.1) is 0 Å². The van der Waals surface area contributed by atoms with Crippen molar-refractivity contribution in [2.45, 2.75) is 19.9 Å². The minimum Gasteiger partial charge on any atom is -0.362 e. The first-order valence-electron chi connectivity index (χ1n) is 11.1. The highest BCUT2D eigenvalue weighted by molar-refractivity contribution is 5.95. The molecule has 2 aromatic rings. The molecule has 1 aliphatic heterocycles. The Hall–Kier alpha value is -3.46. The predicted molar refractivity (Wildman–Crippen MR) is 127 cm³/mol. The number of amides is 2. The van der Waals surface area contributed by atoms with Crippen LogP contribution in [-0.2, 0) is 11.3 Å². The number of piperazine rings is 1. The number of hydrogen-bond acceptors (Lipinski definition) is 6. The fourth-order valence-corrected chi connectivity index (χ4v) is 3.97. The third-order valence-electron chi connectivity index (χ3n) is 5.80. The highest BCUT2D eigenvalue weighted by Gasteiger charge is 2.25. The van der Waals surface area contributed by atoms with Crippen molar-refractivity contribution in [3.8, 4) is 0 Å².